The predicted octanol–water partition coefficient (Wildman–Crippen LogP) is 1.56. The van der Waals surface area contributed by atoms with Crippen LogP contribution in [0.5, 0.6) is 0 Å². The highest BCUT2D eigenvalue weighted by Crippen LogP contribution is 2.19. The molecule has 0 bridgehead atoms. The molecule has 0 spiro atoms. The van der Waals surface area contributed by atoms with Crippen molar-refractivity contribution in [3.63, 3.8) is 0 Å². The van der Waals surface area contributed by atoms with Gasteiger partial charge in [-0.3, -0.25) is 0 Å². The number of nitrogens with zero attached hydrogens (tertiary/aromatic N) is 2. The van der Waals surface area contributed by atoms with Crippen LogP contribution in [-0.4, -0.2) is 41.9 Å². The summed E-state index contributed by atoms with van der Waals surface area (Å²) >= 11 is 3.26. The Morgan fingerprint density at radius 3 is 3.00 bits per heavy atom. The number of hydrogen-bond donors (Lipinski definition) is 1. The quantitative estimate of drug-likeness (QED) is 0.558. The molecule has 0 aliphatic carbocycles. The zero-order valence-electron chi connectivity index (χ0n) is 9.15. The fraction of sp³-hybridized carbons (Fsp3) is 0.778. The van der Waals surface area contributed by atoms with Gasteiger partial charge < -0.3 is 10.1 Å². The first-order valence-corrected chi connectivity index (χ1v) is 6.71. The molecule has 86 valence electrons. The zero-order valence-corrected chi connectivity index (χ0v) is 10.8. The molecule has 15 heavy (non-hydrogen) atoms. The molecule has 1 aromatic rings. The predicted molar refractivity (Wildman–Crippen MR) is 64.7 cm³/mol. The van der Waals surface area contributed by atoms with Gasteiger partial charge in [0.2, 0.25) is 0 Å². The van der Waals surface area contributed by atoms with Gasteiger partial charge in [-0.2, -0.15) is 4.37 Å². The van der Waals surface area contributed by atoms with Gasteiger partial charge in [-0.15, -0.1) is 0 Å². The number of nitrogens with one attached hydrogen (secondary N) is 1. The van der Waals surface area contributed by atoms with E-state index >= 15 is 0 Å². The van der Waals surface area contributed by atoms with Crippen LogP contribution in [0.15, 0.2) is 4.34 Å². The van der Waals surface area contributed by atoms with E-state index in [1.807, 2.05) is 6.92 Å². The third kappa shape index (κ3) is 6.09. The average molecular weight is 247 g/mol. The minimum Gasteiger partial charge on any atom is -0.383 e. The molecular weight excluding hydrogens is 230 g/mol. The molecule has 1 N–H and O–H groups in total. The molecule has 0 aliphatic rings. The maximum Gasteiger partial charge on any atom is 0.170 e. The third-order valence-electron chi connectivity index (χ3n) is 1.72. The van der Waals surface area contributed by atoms with Gasteiger partial charge in [0, 0.05) is 19.4 Å². The van der Waals surface area contributed by atoms with Crippen molar-refractivity contribution in [2.24, 2.45) is 0 Å². The van der Waals surface area contributed by atoms with Gasteiger partial charge in [-0.1, -0.05) is 11.8 Å². The summed E-state index contributed by atoms with van der Waals surface area (Å²) in [6, 6.07) is 0. The fourth-order valence-electron chi connectivity index (χ4n) is 0.993. The van der Waals surface area contributed by atoms with Gasteiger partial charge in [0.15, 0.2) is 4.34 Å². The first kappa shape index (κ1) is 12.9. The Bertz CT molecular complexity index is 268. The monoisotopic (exact) mass is 247 g/mol. The van der Waals surface area contributed by atoms with E-state index in [0.717, 1.165) is 42.0 Å². The van der Waals surface area contributed by atoms with Crippen LogP contribution in [-0.2, 0) is 4.74 Å². The molecule has 0 saturated carbocycles. The van der Waals surface area contributed by atoms with E-state index in [0.29, 0.717) is 0 Å². The van der Waals surface area contributed by atoms with E-state index in [-0.39, 0.29) is 0 Å². The highest BCUT2D eigenvalue weighted by molar-refractivity contribution is 8.00. The molecule has 0 saturated heterocycles. The van der Waals surface area contributed by atoms with E-state index in [4.69, 9.17) is 4.74 Å². The standard InChI is InChI=1S/C9H17N3OS2/c1-8-11-9(15-12-8)14-7-3-4-10-5-6-13-2/h10H,3-7H2,1-2H3. The molecule has 1 heterocycles. The van der Waals surface area contributed by atoms with Crippen molar-refractivity contribution >= 4 is 23.3 Å². The van der Waals surface area contributed by atoms with Crippen LogP contribution in [0, 0.1) is 6.92 Å². The van der Waals surface area contributed by atoms with Crippen molar-refractivity contribution in [3.8, 4) is 0 Å². The van der Waals surface area contributed by atoms with Gasteiger partial charge in [0.05, 0.1) is 6.61 Å². The van der Waals surface area contributed by atoms with E-state index < -0.39 is 0 Å². The molecule has 6 heteroatoms. The van der Waals surface area contributed by atoms with Gasteiger partial charge in [-0.25, -0.2) is 4.98 Å². The van der Waals surface area contributed by atoms with E-state index in [9.17, 15) is 0 Å². The molecule has 0 aliphatic heterocycles. The Kier molecular flexibility index (Phi) is 6.91. The van der Waals surface area contributed by atoms with Crippen LogP contribution < -0.4 is 5.32 Å². The van der Waals surface area contributed by atoms with Crippen molar-refractivity contribution in [1.29, 1.82) is 0 Å². The second-order valence-electron chi connectivity index (χ2n) is 3.05. The number of aryl methyl sites for hydroxylation is 1. The number of hydrogen-bond acceptors (Lipinski definition) is 6. The van der Waals surface area contributed by atoms with E-state index in [2.05, 4.69) is 14.7 Å². The Hall–Kier alpha value is -0.170. The lowest BCUT2D eigenvalue weighted by Gasteiger charge is -2.02. The summed E-state index contributed by atoms with van der Waals surface area (Å²) in [5.74, 6) is 1.97. The van der Waals surface area contributed by atoms with Crippen LogP contribution in [0.1, 0.15) is 12.2 Å². The number of thioether (sulfide) groups is 1. The molecule has 0 fully saturated rings. The van der Waals surface area contributed by atoms with Crippen molar-refractivity contribution in [2.75, 3.05) is 32.6 Å². The van der Waals surface area contributed by atoms with Crippen LogP contribution in [0.2, 0.25) is 0 Å². The molecule has 0 atom stereocenters. The number of ether oxygens (including phenoxy) is 1. The summed E-state index contributed by atoms with van der Waals surface area (Å²) in [5, 5.41) is 3.31. The van der Waals surface area contributed by atoms with Crippen molar-refractivity contribution in [3.05, 3.63) is 5.82 Å². The summed E-state index contributed by atoms with van der Waals surface area (Å²) in [6.07, 6.45) is 1.15. The van der Waals surface area contributed by atoms with Crippen LogP contribution in [0.25, 0.3) is 0 Å². The number of rotatable bonds is 8. The molecule has 0 unspecified atom stereocenters. The highest BCUT2D eigenvalue weighted by atomic mass is 32.2. The maximum atomic E-state index is 4.94. The van der Waals surface area contributed by atoms with Gasteiger partial charge in [0.25, 0.3) is 0 Å². The van der Waals surface area contributed by atoms with Crippen LogP contribution >= 0.6 is 23.3 Å². The normalized spacial score (nSPS) is 10.8. The summed E-state index contributed by atoms with van der Waals surface area (Å²) in [6.45, 7) is 4.67. The van der Waals surface area contributed by atoms with Gasteiger partial charge in [-0.05, 0) is 31.4 Å². The summed E-state index contributed by atoms with van der Waals surface area (Å²) in [4.78, 5) is 4.29. The molecule has 1 rings (SSSR count). The number of methoxy groups -OCH3 is 1. The third-order valence-corrected chi connectivity index (χ3v) is 3.73. The Balaban J connectivity index is 1.93. The second kappa shape index (κ2) is 8.04. The lowest BCUT2D eigenvalue weighted by Crippen LogP contribution is -2.20. The first-order valence-electron chi connectivity index (χ1n) is 4.95. The van der Waals surface area contributed by atoms with Crippen molar-refractivity contribution in [2.45, 2.75) is 17.7 Å². The summed E-state index contributed by atoms with van der Waals surface area (Å²) < 4.78 is 10.1. The Morgan fingerprint density at radius 2 is 2.33 bits per heavy atom. The summed E-state index contributed by atoms with van der Waals surface area (Å²) in [7, 11) is 1.72. The Morgan fingerprint density at radius 1 is 1.47 bits per heavy atom. The van der Waals surface area contributed by atoms with Crippen molar-refractivity contribution in [1.82, 2.24) is 14.7 Å². The topological polar surface area (TPSA) is 47.0 Å². The molecular formula is C9H17N3OS2. The van der Waals surface area contributed by atoms with Crippen molar-refractivity contribution < 1.29 is 4.74 Å². The largest absolute Gasteiger partial charge is 0.383 e. The zero-order chi connectivity index (χ0) is 10.9. The molecule has 4 nitrogen and oxygen atoms in total. The lowest BCUT2D eigenvalue weighted by molar-refractivity contribution is 0.199. The van der Waals surface area contributed by atoms with Gasteiger partial charge in [0.1, 0.15) is 5.82 Å². The minimum absolute atomic E-state index is 0.780. The van der Waals surface area contributed by atoms with E-state index in [1.54, 1.807) is 18.9 Å². The Labute approximate surface area is 99.0 Å². The lowest BCUT2D eigenvalue weighted by atomic mass is 10.5. The second-order valence-corrected chi connectivity index (χ2v) is 5.15. The highest BCUT2D eigenvalue weighted by Gasteiger charge is 1.99. The summed E-state index contributed by atoms with van der Waals surface area (Å²) in [5.41, 5.74) is 0. The fourth-order valence-corrected chi connectivity index (χ4v) is 2.65. The van der Waals surface area contributed by atoms with Crippen LogP contribution in [0.4, 0.5) is 0 Å². The first-order chi connectivity index (χ1) is 7.33. The minimum atomic E-state index is 0.780. The SMILES string of the molecule is COCCNCCCSc1nc(C)ns1. The molecule has 0 aromatic carbocycles. The van der Waals surface area contributed by atoms with E-state index in [1.165, 1.54) is 11.5 Å². The van der Waals surface area contributed by atoms with Crippen LogP contribution in [0.3, 0.4) is 0 Å². The molecule has 0 amide bonds. The molecule has 0 radical (unpaired) electrons. The van der Waals surface area contributed by atoms with Gasteiger partial charge >= 0.3 is 0 Å². The average Bonchev–Trinajstić information content (AvgIpc) is 2.63. The smallest absolute Gasteiger partial charge is 0.170 e. The maximum absolute atomic E-state index is 4.94. The number of aromatic nitrogens is 2. The molecule has 1 aromatic heterocycles.